The van der Waals surface area contributed by atoms with Gasteiger partial charge in [0.25, 0.3) is 0 Å². The van der Waals surface area contributed by atoms with Gasteiger partial charge in [0.05, 0.1) is 5.92 Å². The molecule has 2 N–H and O–H groups in total. The summed E-state index contributed by atoms with van der Waals surface area (Å²) in [5.74, 6) is -1.38. The molecule has 2 aromatic rings. The number of aromatic hydroxyl groups is 1. The zero-order valence-corrected chi connectivity index (χ0v) is 11.6. The summed E-state index contributed by atoms with van der Waals surface area (Å²) in [4.78, 5) is 11.6. The smallest absolute Gasteiger partial charge is 0.311 e. The van der Waals surface area contributed by atoms with E-state index < -0.39 is 11.9 Å². The fourth-order valence-corrected chi connectivity index (χ4v) is 2.37. The molecule has 0 saturated carbocycles. The lowest BCUT2D eigenvalue weighted by Crippen LogP contribution is -2.16. The van der Waals surface area contributed by atoms with Crippen LogP contribution in [-0.2, 0) is 11.2 Å². The van der Waals surface area contributed by atoms with Gasteiger partial charge in [-0.1, -0.05) is 42.0 Å². The highest BCUT2D eigenvalue weighted by molar-refractivity contribution is 5.77. The summed E-state index contributed by atoms with van der Waals surface area (Å²) >= 11 is 0. The Kier molecular flexibility index (Phi) is 4.08. The van der Waals surface area contributed by atoms with Crippen LogP contribution in [0.2, 0.25) is 0 Å². The van der Waals surface area contributed by atoms with Crippen LogP contribution in [0.4, 0.5) is 0 Å². The van der Waals surface area contributed by atoms with Crippen LogP contribution in [0.5, 0.6) is 5.75 Å². The number of carboxylic acids is 1. The predicted molar refractivity (Wildman–Crippen MR) is 78.1 cm³/mol. The van der Waals surface area contributed by atoms with E-state index in [9.17, 15) is 15.0 Å². The van der Waals surface area contributed by atoms with Crippen molar-refractivity contribution < 1.29 is 15.0 Å². The van der Waals surface area contributed by atoms with Gasteiger partial charge >= 0.3 is 5.97 Å². The van der Waals surface area contributed by atoms with Crippen molar-refractivity contribution in [3.63, 3.8) is 0 Å². The van der Waals surface area contributed by atoms with Gasteiger partial charge in [0, 0.05) is 0 Å². The molecule has 0 spiro atoms. The van der Waals surface area contributed by atoms with Crippen molar-refractivity contribution in [1.82, 2.24) is 0 Å². The number of aryl methyl sites for hydroxylation is 2. The summed E-state index contributed by atoms with van der Waals surface area (Å²) in [7, 11) is 0. The fraction of sp³-hybridized carbons (Fsp3) is 0.235. The molecule has 1 unspecified atom stereocenters. The number of carbonyl (C=O) groups is 1. The van der Waals surface area contributed by atoms with Crippen LogP contribution < -0.4 is 0 Å². The third-order valence-electron chi connectivity index (χ3n) is 3.52. The molecular formula is C17H18O3. The highest BCUT2D eigenvalue weighted by atomic mass is 16.4. The average Bonchev–Trinajstić information content (AvgIpc) is 2.40. The van der Waals surface area contributed by atoms with Crippen molar-refractivity contribution in [2.75, 3.05) is 0 Å². The van der Waals surface area contributed by atoms with Crippen molar-refractivity contribution in [2.24, 2.45) is 0 Å². The largest absolute Gasteiger partial charge is 0.508 e. The topological polar surface area (TPSA) is 57.5 Å². The molecule has 1 atom stereocenters. The molecule has 3 nitrogen and oxygen atoms in total. The van der Waals surface area contributed by atoms with Crippen LogP contribution in [0.3, 0.4) is 0 Å². The number of aliphatic carboxylic acids is 1. The quantitative estimate of drug-likeness (QED) is 0.895. The standard InChI is InChI=1S/C17H18O3/c1-11-7-8-12(2)14(9-11)15(17(19)20)10-13-5-3-4-6-16(13)18/h3-9,15,18H,10H2,1-2H3,(H,19,20). The van der Waals surface area contributed by atoms with Crippen LogP contribution in [-0.4, -0.2) is 16.2 Å². The molecule has 2 rings (SSSR count). The van der Waals surface area contributed by atoms with Crippen molar-refractivity contribution in [2.45, 2.75) is 26.2 Å². The minimum Gasteiger partial charge on any atom is -0.508 e. The minimum atomic E-state index is -0.873. The van der Waals surface area contributed by atoms with E-state index in [1.807, 2.05) is 32.0 Å². The summed E-state index contributed by atoms with van der Waals surface area (Å²) < 4.78 is 0. The molecule has 104 valence electrons. The number of phenols is 1. The maximum atomic E-state index is 11.6. The van der Waals surface area contributed by atoms with Crippen molar-refractivity contribution in [1.29, 1.82) is 0 Å². The molecule has 0 amide bonds. The monoisotopic (exact) mass is 270 g/mol. The number of carboxylic acid groups (broad SMARTS) is 1. The number of benzene rings is 2. The van der Waals surface area contributed by atoms with Gasteiger partial charge in [-0.2, -0.15) is 0 Å². The van der Waals surface area contributed by atoms with Gasteiger partial charge < -0.3 is 10.2 Å². The third kappa shape index (κ3) is 2.99. The summed E-state index contributed by atoms with van der Waals surface area (Å²) in [5, 5.41) is 19.3. The molecule has 0 aromatic heterocycles. The molecular weight excluding hydrogens is 252 g/mol. The maximum Gasteiger partial charge on any atom is 0.311 e. The van der Waals surface area contributed by atoms with E-state index in [1.165, 1.54) is 0 Å². The number of para-hydroxylation sites is 1. The van der Waals surface area contributed by atoms with Gasteiger partial charge in [-0.3, -0.25) is 4.79 Å². The van der Waals surface area contributed by atoms with Gasteiger partial charge in [-0.05, 0) is 43.0 Å². The van der Waals surface area contributed by atoms with Crippen molar-refractivity contribution in [3.8, 4) is 5.75 Å². The van der Waals surface area contributed by atoms with Gasteiger partial charge in [-0.25, -0.2) is 0 Å². The first-order chi connectivity index (χ1) is 9.49. The molecule has 0 radical (unpaired) electrons. The van der Waals surface area contributed by atoms with E-state index in [-0.39, 0.29) is 12.2 Å². The summed E-state index contributed by atoms with van der Waals surface area (Å²) in [6, 6.07) is 12.7. The first kappa shape index (κ1) is 14.1. The Hall–Kier alpha value is -2.29. The number of phenolic OH excluding ortho intramolecular Hbond substituents is 1. The lowest BCUT2D eigenvalue weighted by molar-refractivity contribution is -0.138. The molecule has 20 heavy (non-hydrogen) atoms. The van der Waals surface area contributed by atoms with E-state index >= 15 is 0 Å². The second kappa shape index (κ2) is 5.78. The van der Waals surface area contributed by atoms with Crippen LogP contribution in [0.25, 0.3) is 0 Å². The van der Waals surface area contributed by atoms with Crippen molar-refractivity contribution in [3.05, 3.63) is 64.7 Å². The highest BCUT2D eigenvalue weighted by Gasteiger charge is 2.23. The lowest BCUT2D eigenvalue weighted by atomic mass is 9.88. The predicted octanol–water partition coefficient (Wildman–Crippen LogP) is 3.42. The Morgan fingerprint density at radius 3 is 2.50 bits per heavy atom. The van der Waals surface area contributed by atoms with E-state index in [2.05, 4.69) is 0 Å². The molecule has 2 aromatic carbocycles. The van der Waals surface area contributed by atoms with Gasteiger partial charge in [0.15, 0.2) is 0 Å². The van der Waals surface area contributed by atoms with Gasteiger partial charge in [-0.15, -0.1) is 0 Å². The van der Waals surface area contributed by atoms with E-state index in [0.717, 1.165) is 16.7 Å². The SMILES string of the molecule is Cc1ccc(C)c(C(Cc2ccccc2O)C(=O)O)c1. The number of hydrogen-bond donors (Lipinski definition) is 2. The molecule has 3 heteroatoms. The minimum absolute atomic E-state index is 0.143. The molecule has 0 bridgehead atoms. The van der Waals surface area contributed by atoms with Crippen molar-refractivity contribution >= 4 is 5.97 Å². The highest BCUT2D eigenvalue weighted by Crippen LogP contribution is 2.28. The molecule has 0 saturated heterocycles. The van der Waals surface area contributed by atoms with E-state index in [4.69, 9.17) is 0 Å². The Bertz CT molecular complexity index is 632. The van der Waals surface area contributed by atoms with Crippen LogP contribution >= 0.6 is 0 Å². The lowest BCUT2D eigenvalue weighted by Gasteiger charge is -2.17. The van der Waals surface area contributed by atoms with Gasteiger partial charge in [0.1, 0.15) is 5.75 Å². The van der Waals surface area contributed by atoms with Crippen LogP contribution in [0.15, 0.2) is 42.5 Å². The summed E-state index contributed by atoms with van der Waals surface area (Å²) in [5.41, 5.74) is 3.45. The zero-order valence-electron chi connectivity index (χ0n) is 11.6. The maximum absolute atomic E-state index is 11.6. The Labute approximate surface area is 118 Å². The Morgan fingerprint density at radius 2 is 1.85 bits per heavy atom. The number of hydrogen-bond acceptors (Lipinski definition) is 2. The van der Waals surface area contributed by atoms with E-state index in [0.29, 0.717) is 5.56 Å². The normalized spacial score (nSPS) is 12.1. The zero-order chi connectivity index (χ0) is 14.7. The fourth-order valence-electron chi connectivity index (χ4n) is 2.37. The van der Waals surface area contributed by atoms with Crippen LogP contribution in [0.1, 0.15) is 28.2 Å². The first-order valence-corrected chi connectivity index (χ1v) is 6.56. The summed E-state index contributed by atoms with van der Waals surface area (Å²) in [6.45, 7) is 3.86. The first-order valence-electron chi connectivity index (χ1n) is 6.56. The molecule has 0 fully saturated rings. The average molecular weight is 270 g/mol. The molecule has 0 aliphatic carbocycles. The molecule has 0 aliphatic rings. The second-order valence-corrected chi connectivity index (χ2v) is 5.08. The van der Waals surface area contributed by atoms with Gasteiger partial charge in [0.2, 0.25) is 0 Å². The Morgan fingerprint density at radius 1 is 1.15 bits per heavy atom. The molecule has 0 heterocycles. The number of rotatable bonds is 4. The van der Waals surface area contributed by atoms with E-state index in [1.54, 1.807) is 24.3 Å². The Balaban J connectivity index is 2.40. The third-order valence-corrected chi connectivity index (χ3v) is 3.52. The van der Waals surface area contributed by atoms with Crippen LogP contribution in [0, 0.1) is 13.8 Å². The second-order valence-electron chi connectivity index (χ2n) is 5.08. The summed E-state index contributed by atoms with van der Waals surface area (Å²) in [6.07, 6.45) is 0.284. The molecule has 0 aliphatic heterocycles.